The molecule has 9 nitrogen and oxygen atoms in total. The summed E-state index contributed by atoms with van der Waals surface area (Å²) in [6.45, 7) is 4.26. The minimum Gasteiger partial charge on any atom is -0.369 e. The summed E-state index contributed by atoms with van der Waals surface area (Å²) < 4.78 is 3.75. The largest absolute Gasteiger partial charge is 0.369 e. The maximum absolute atomic E-state index is 12.0. The first-order chi connectivity index (χ1) is 16.6. The number of benzene rings is 2. The Balaban J connectivity index is 1.29. The molecular weight excluding hydrogens is 428 g/mol. The van der Waals surface area contributed by atoms with E-state index in [2.05, 4.69) is 56.5 Å². The molecule has 0 bridgehead atoms. The Morgan fingerprint density at radius 3 is 2.56 bits per heavy atom. The summed E-state index contributed by atoms with van der Waals surface area (Å²) in [5.41, 5.74) is 5.56. The fourth-order valence-electron chi connectivity index (χ4n) is 4.61. The van der Waals surface area contributed by atoms with Crippen LogP contribution in [0.1, 0.15) is 0 Å². The number of hydrogen-bond acceptors (Lipinski definition) is 6. The number of likely N-dealkylation sites (N-methyl/N-ethyl adjacent to an activating group) is 1. The maximum atomic E-state index is 12.0. The molecule has 172 valence electrons. The van der Waals surface area contributed by atoms with E-state index >= 15 is 0 Å². The lowest BCUT2D eigenvalue weighted by Crippen LogP contribution is -2.44. The van der Waals surface area contributed by atoms with E-state index in [-0.39, 0.29) is 5.56 Å². The second kappa shape index (κ2) is 8.03. The van der Waals surface area contributed by atoms with E-state index in [1.165, 1.54) is 5.69 Å². The predicted octanol–water partition coefficient (Wildman–Crippen LogP) is 3.07. The lowest BCUT2D eigenvalue weighted by atomic mass is 10.1. The number of rotatable bonds is 4. The van der Waals surface area contributed by atoms with Crippen molar-refractivity contribution < 1.29 is 0 Å². The molecule has 9 heteroatoms. The number of fused-ring (bicyclic) bond motifs is 2. The third kappa shape index (κ3) is 3.50. The van der Waals surface area contributed by atoms with Gasteiger partial charge in [0.15, 0.2) is 11.5 Å². The van der Waals surface area contributed by atoms with Gasteiger partial charge in [0.25, 0.3) is 5.56 Å². The smallest absolute Gasteiger partial charge is 0.271 e. The number of aromatic amines is 1. The number of aryl methyl sites for hydroxylation is 1. The average molecular weight is 455 g/mol. The van der Waals surface area contributed by atoms with Gasteiger partial charge >= 0.3 is 0 Å². The van der Waals surface area contributed by atoms with Gasteiger partial charge in [-0.25, -0.2) is 9.97 Å². The highest BCUT2D eigenvalue weighted by atomic mass is 16.1. The first-order valence-corrected chi connectivity index (χ1v) is 11.4. The van der Waals surface area contributed by atoms with Crippen molar-refractivity contribution in [1.82, 2.24) is 29.0 Å². The van der Waals surface area contributed by atoms with Gasteiger partial charge < -0.3 is 15.1 Å². The summed E-state index contributed by atoms with van der Waals surface area (Å²) >= 11 is 0. The van der Waals surface area contributed by atoms with Crippen molar-refractivity contribution in [3.8, 4) is 11.3 Å². The van der Waals surface area contributed by atoms with Crippen LogP contribution in [0.25, 0.3) is 27.8 Å². The van der Waals surface area contributed by atoms with Crippen LogP contribution in [0.15, 0.2) is 65.8 Å². The lowest BCUT2D eigenvalue weighted by Gasteiger charge is -2.34. The molecule has 1 aliphatic heterocycles. The van der Waals surface area contributed by atoms with Crippen LogP contribution in [0.2, 0.25) is 0 Å². The van der Waals surface area contributed by atoms with Crippen LogP contribution in [-0.4, -0.2) is 62.3 Å². The lowest BCUT2D eigenvalue weighted by molar-refractivity contribution is 0.313. The van der Waals surface area contributed by atoms with Gasteiger partial charge in [-0.2, -0.15) is 0 Å². The zero-order chi connectivity index (χ0) is 23.2. The fraction of sp³-hybridized carbons (Fsp3) is 0.240. The minimum absolute atomic E-state index is 0.0897. The van der Waals surface area contributed by atoms with Gasteiger partial charge in [0.1, 0.15) is 0 Å². The number of piperazine rings is 1. The molecule has 0 aliphatic carbocycles. The van der Waals surface area contributed by atoms with Crippen LogP contribution in [0.5, 0.6) is 0 Å². The Morgan fingerprint density at radius 1 is 0.971 bits per heavy atom. The van der Waals surface area contributed by atoms with Crippen molar-refractivity contribution in [2.45, 2.75) is 0 Å². The molecule has 2 N–H and O–H groups in total. The average Bonchev–Trinajstić information content (AvgIpc) is 3.45. The second-order valence-electron chi connectivity index (χ2n) is 8.81. The Morgan fingerprint density at radius 2 is 1.76 bits per heavy atom. The third-order valence-corrected chi connectivity index (χ3v) is 6.60. The number of nitrogens with zero attached hydrogens (tertiary/aromatic N) is 6. The number of imidazole rings is 1. The molecular formula is C25H26N8O. The quantitative estimate of drug-likeness (QED) is 0.434. The molecule has 1 fully saturated rings. The van der Waals surface area contributed by atoms with Crippen LogP contribution >= 0.6 is 0 Å². The summed E-state index contributed by atoms with van der Waals surface area (Å²) in [7, 11) is 4.00. The fourth-order valence-corrected chi connectivity index (χ4v) is 4.61. The zero-order valence-electron chi connectivity index (χ0n) is 19.2. The number of H-pyrrole nitrogens is 1. The van der Waals surface area contributed by atoms with Crippen molar-refractivity contribution in [2.24, 2.45) is 7.05 Å². The Hall–Kier alpha value is -4.11. The van der Waals surface area contributed by atoms with Gasteiger partial charge in [0, 0.05) is 62.6 Å². The van der Waals surface area contributed by atoms with E-state index in [1.807, 2.05) is 42.0 Å². The van der Waals surface area contributed by atoms with Crippen LogP contribution in [-0.2, 0) is 7.05 Å². The van der Waals surface area contributed by atoms with Gasteiger partial charge in [-0.1, -0.05) is 6.07 Å². The number of aromatic nitrogens is 5. The van der Waals surface area contributed by atoms with E-state index < -0.39 is 0 Å². The van der Waals surface area contributed by atoms with Crippen molar-refractivity contribution in [3.05, 3.63) is 71.4 Å². The molecule has 0 spiro atoms. The van der Waals surface area contributed by atoms with Gasteiger partial charge in [0.2, 0.25) is 0 Å². The molecule has 0 saturated carbocycles. The molecule has 4 heterocycles. The van der Waals surface area contributed by atoms with Gasteiger partial charge in [-0.05, 0) is 43.4 Å². The normalized spacial score (nSPS) is 14.8. The number of anilines is 3. The monoisotopic (exact) mass is 454 g/mol. The molecule has 0 atom stereocenters. The number of hydrogen-bond donors (Lipinski definition) is 2. The first kappa shape index (κ1) is 20.5. The van der Waals surface area contributed by atoms with E-state index in [0.29, 0.717) is 11.2 Å². The van der Waals surface area contributed by atoms with Crippen LogP contribution < -0.4 is 15.8 Å². The summed E-state index contributed by atoms with van der Waals surface area (Å²) in [5.74, 6) is 0.691. The van der Waals surface area contributed by atoms with Crippen molar-refractivity contribution in [3.63, 3.8) is 0 Å². The minimum atomic E-state index is -0.0897. The summed E-state index contributed by atoms with van der Waals surface area (Å²) in [6, 6.07) is 14.3. The SMILES string of the molecule is CN1CCN(c2ccc(Nc3ncc(-c4ccc5c(=O)[nH]n(C)c5c4)n4ccnc34)cc2)CC1. The predicted molar refractivity (Wildman–Crippen MR) is 135 cm³/mol. The van der Waals surface area contributed by atoms with E-state index in [1.54, 1.807) is 10.9 Å². The highest BCUT2D eigenvalue weighted by molar-refractivity contribution is 5.84. The van der Waals surface area contributed by atoms with E-state index in [9.17, 15) is 4.79 Å². The topological polar surface area (TPSA) is 86.5 Å². The Labute approximate surface area is 196 Å². The molecule has 2 aromatic carbocycles. The summed E-state index contributed by atoms with van der Waals surface area (Å²) in [5, 5.41) is 6.89. The molecule has 6 rings (SSSR count). The molecule has 0 radical (unpaired) electrons. The van der Waals surface area contributed by atoms with Crippen molar-refractivity contribution >= 4 is 33.7 Å². The Bertz CT molecular complexity index is 1540. The summed E-state index contributed by atoms with van der Waals surface area (Å²) in [6.07, 6.45) is 5.53. The highest BCUT2D eigenvalue weighted by Crippen LogP contribution is 2.28. The molecule has 0 amide bonds. The second-order valence-corrected chi connectivity index (χ2v) is 8.81. The van der Waals surface area contributed by atoms with Crippen molar-refractivity contribution in [1.29, 1.82) is 0 Å². The van der Waals surface area contributed by atoms with E-state index in [4.69, 9.17) is 4.98 Å². The van der Waals surface area contributed by atoms with Crippen LogP contribution in [0, 0.1) is 0 Å². The molecule has 1 aliphatic rings. The molecule has 0 unspecified atom stereocenters. The maximum Gasteiger partial charge on any atom is 0.271 e. The van der Waals surface area contributed by atoms with Gasteiger partial charge in [-0.15, -0.1) is 0 Å². The Kier molecular flexibility index (Phi) is 4.84. The van der Waals surface area contributed by atoms with Crippen LogP contribution in [0.4, 0.5) is 17.2 Å². The van der Waals surface area contributed by atoms with Crippen molar-refractivity contribution in [2.75, 3.05) is 43.4 Å². The highest BCUT2D eigenvalue weighted by Gasteiger charge is 2.15. The first-order valence-electron chi connectivity index (χ1n) is 11.4. The zero-order valence-corrected chi connectivity index (χ0v) is 19.2. The van der Waals surface area contributed by atoms with Gasteiger partial charge in [0.05, 0.1) is 22.8 Å². The molecule has 5 aromatic rings. The molecule has 1 saturated heterocycles. The number of nitrogens with one attached hydrogen (secondary N) is 2. The van der Waals surface area contributed by atoms with Gasteiger partial charge in [-0.3, -0.25) is 19.0 Å². The third-order valence-electron chi connectivity index (χ3n) is 6.60. The van der Waals surface area contributed by atoms with E-state index in [0.717, 1.165) is 54.3 Å². The molecule has 34 heavy (non-hydrogen) atoms. The summed E-state index contributed by atoms with van der Waals surface area (Å²) in [4.78, 5) is 26.1. The molecule has 3 aromatic heterocycles. The van der Waals surface area contributed by atoms with Crippen LogP contribution in [0.3, 0.4) is 0 Å². The standard InChI is InChI=1S/C25H26N8O/c1-30-11-13-32(14-12-30)19-6-4-18(5-7-19)28-23-24-26-9-10-33(24)22(16-27-23)17-3-8-20-21(15-17)31(2)29-25(20)34/h3-10,15-16H,11-14H2,1-2H3,(H,27,28)(H,29,34).